The molecule has 0 saturated carbocycles. The highest BCUT2D eigenvalue weighted by Crippen LogP contribution is 2.20. The summed E-state index contributed by atoms with van der Waals surface area (Å²) in [5.74, 6) is 0.617. The van der Waals surface area contributed by atoms with Gasteiger partial charge >= 0.3 is 6.09 Å². The number of carboxylic acid groups (broad SMARTS) is 1. The molecule has 2 unspecified atom stereocenters. The molecular formula is C17H24N4O6. The minimum absolute atomic E-state index is 0.0477. The predicted molar refractivity (Wildman–Crippen MR) is 96.2 cm³/mol. The number of nitrogens with one attached hydrogen (secondary N) is 1. The number of nitro groups is 1. The molecule has 0 aromatic heterocycles. The lowest BCUT2D eigenvalue weighted by atomic mass is 10.1. The van der Waals surface area contributed by atoms with Crippen molar-refractivity contribution >= 4 is 11.8 Å². The zero-order chi connectivity index (χ0) is 19.2. The van der Waals surface area contributed by atoms with Gasteiger partial charge in [0.2, 0.25) is 0 Å². The predicted octanol–water partition coefficient (Wildman–Crippen LogP) is 0.626. The van der Waals surface area contributed by atoms with E-state index in [1.54, 1.807) is 12.1 Å². The number of morpholine rings is 2. The van der Waals surface area contributed by atoms with Crippen molar-refractivity contribution in [3.05, 3.63) is 34.4 Å². The first-order valence-corrected chi connectivity index (χ1v) is 8.94. The molecule has 148 valence electrons. The van der Waals surface area contributed by atoms with Gasteiger partial charge in [0.05, 0.1) is 17.1 Å². The number of rotatable bonds is 8. The Labute approximate surface area is 156 Å². The van der Waals surface area contributed by atoms with Gasteiger partial charge in [0.25, 0.3) is 5.69 Å². The third-order valence-electron chi connectivity index (χ3n) is 4.66. The second-order valence-electron chi connectivity index (χ2n) is 6.73. The molecule has 1 amide bonds. The quantitative estimate of drug-likeness (QED) is 0.498. The molecule has 2 aliphatic heterocycles. The fraction of sp³-hybridized carbons (Fsp3) is 0.588. The smallest absolute Gasteiger partial charge is 0.404 e. The van der Waals surface area contributed by atoms with E-state index >= 15 is 0 Å². The fourth-order valence-corrected chi connectivity index (χ4v) is 3.50. The van der Waals surface area contributed by atoms with Crippen LogP contribution in [0.1, 0.15) is 0 Å². The first kappa shape index (κ1) is 19.3. The van der Waals surface area contributed by atoms with E-state index in [1.165, 1.54) is 12.1 Å². The molecule has 1 aromatic rings. The summed E-state index contributed by atoms with van der Waals surface area (Å²) in [6.07, 6.45) is -0.772. The van der Waals surface area contributed by atoms with Crippen molar-refractivity contribution in [2.45, 2.75) is 12.2 Å². The topological polar surface area (TPSA) is 117 Å². The van der Waals surface area contributed by atoms with E-state index in [2.05, 4.69) is 15.1 Å². The lowest BCUT2D eigenvalue weighted by Gasteiger charge is -2.45. The maximum absolute atomic E-state index is 10.7. The molecule has 2 heterocycles. The molecule has 27 heavy (non-hydrogen) atoms. The zero-order valence-corrected chi connectivity index (χ0v) is 15.0. The highest BCUT2D eigenvalue weighted by Gasteiger charge is 2.34. The number of carbonyl (C=O) groups is 1. The van der Waals surface area contributed by atoms with Crippen LogP contribution in [0.5, 0.6) is 5.75 Å². The maximum Gasteiger partial charge on any atom is 0.404 e. The van der Waals surface area contributed by atoms with Crippen LogP contribution in [0.15, 0.2) is 24.3 Å². The molecule has 2 bridgehead atoms. The number of non-ortho nitro benzene ring substituents is 1. The van der Waals surface area contributed by atoms with Gasteiger partial charge < -0.3 is 19.9 Å². The molecule has 3 rings (SSSR count). The third kappa shape index (κ3) is 5.78. The number of hydrogen-bond acceptors (Lipinski definition) is 7. The van der Waals surface area contributed by atoms with E-state index < -0.39 is 11.0 Å². The molecule has 0 aliphatic carbocycles. The van der Waals surface area contributed by atoms with Gasteiger partial charge in [-0.25, -0.2) is 4.79 Å². The molecule has 10 heteroatoms. The SMILES string of the molecule is O=C(O)NCCN1CC2CN(CCOc3ccc([N+](=O)[O-])cc3)CC(C1)O2. The van der Waals surface area contributed by atoms with Crippen molar-refractivity contribution in [2.24, 2.45) is 0 Å². The number of fused-ring (bicyclic) bond motifs is 2. The van der Waals surface area contributed by atoms with Crippen LogP contribution in [0.4, 0.5) is 10.5 Å². The van der Waals surface area contributed by atoms with Crippen LogP contribution in [-0.4, -0.2) is 90.6 Å². The van der Waals surface area contributed by atoms with Gasteiger partial charge in [-0.3, -0.25) is 19.9 Å². The monoisotopic (exact) mass is 380 g/mol. The summed E-state index contributed by atoms with van der Waals surface area (Å²) < 4.78 is 11.7. The minimum Gasteiger partial charge on any atom is -0.492 e. The lowest BCUT2D eigenvalue weighted by Crippen LogP contribution is -2.60. The first-order valence-electron chi connectivity index (χ1n) is 8.94. The summed E-state index contributed by atoms with van der Waals surface area (Å²) in [6.45, 7) is 5.56. The number of nitrogens with zero attached hydrogens (tertiary/aromatic N) is 3. The largest absolute Gasteiger partial charge is 0.492 e. The summed E-state index contributed by atoms with van der Waals surface area (Å²) in [5.41, 5.74) is 0.0477. The van der Waals surface area contributed by atoms with Gasteiger partial charge in [-0.05, 0) is 12.1 Å². The summed E-state index contributed by atoms with van der Waals surface area (Å²) in [7, 11) is 0. The summed E-state index contributed by atoms with van der Waals surface area (Å²) in [5, 5.41) is 21.7. The minimum atomic E-state index is -0.998. The van der Waals surface area contributed by atoms with Crippen LogP contribution in [0, 0.1) is 10.1 Å². The Morgan fingerprint density at radius 1 is 1.19 bits per heavy atom. The van der Waals surface area contributed by atoms with Crippen molar-refractivity contribution in [1.82, 2.24) is 15.1 Å². The molecule has 10 nitrogen and oxygen atoms in total. The fourth-order valence-electron chi connectivity index (χ4n) is 3.50. The van der Waals surface area contributed by atoms with Crippen LogP contribution >= 0.6 is 0 Å². The lowest BCUT2D eigenvalue weighted by molar-refractivity contribution is -0.384. The first-order chi connectivity index (χ1) is 13.0. The second kappa shape index (κ2) is 8.98. The van der Waals surface area contributed by atoms with E-state index in [9.17, 15) is 14.9 Å². The van der Waals surface area contributed by atoms with Gasteiger partial charge in [-0.2, -0.15) is 0 Å². The van der Waals surface area contributed by atoms with Crippen molar-refractivity contribution in [3.8, 4) is 5.75 Å². The number of ether oxygens (including phenoxy) is 2. The second-order valence-corrected chi connectivity index (χ2v) is 6.73. The van der Waals surface area contributed by atoms with Crippen molar-refractivity contribution in [1.29, 1.82) is 0 Å². The Bertz CT molecular complexity index is 641. The molecule has 2 saturated heterocycles. The van der Waals surface area contributed by atoms with Crippen molar-refractivity contribution < 1.29 is 24.3 Å². The Hall–Kier alpha value is -2.43. The Kier molecular flexibility index (Phi) is 6.43. The standard InChI is InChI=1S/C17H24N4O6/c22-17(23)18-5-6-19-9-15-11-20(12-16(10-19)27-15)7-8-26-14-3-1-13(2-4-14)21(24)25/h1-4,15-16,18H,5-12H2,(H,22,23). The average molecular weight is 380 g/mol. The molecule has 2 aliphatic rings. The molecule has 2 fully saturated rings. The van der Waals surface area contributed by atoms with Gasteiger partial charge in [0.1, 0.15) is 12.4 Å². The van der Waals surface area contributed by atoms with Gasteiger partial charge in [-0.1, -0.05) is 0 Å². The van der Waals surface area contributed by atoms with Crippen LogP contribution in [0.2, 0.25) is 0 Å². The van der Waals surface area contributed by atoms with Crippen LogP contribution < -0.4 is 10.1 Å². The summed E-state index contributed by atoms with van der Waals surface area (Å²) in [6, 6.07) is 6.08. The molecule has 2 atom stereocenters. The molecule has 0 spiro atoms. The van der Waals surface area contributed by atoms with E-state index in [0.29, 0.717) is 25.4 Å². The average Bonchev–Trinajstić information content (AvgIpc) is 2.61. The van der Waals surface area contributed by atoms with Gasteiger partial charge in [0, 0.05) is 57.9 Å². The summed E-state index contributed by atoms with van der Waals surface area (Å²) in [4.78, 5) is 25.3. The number of nitro benzene ring substituents is 1. The van der Waals surface area contributed by atoms with Crippen LogP contribution in [-0.2, 0) is 4.74 Å². The normalized spacial score (nSPS) is 23.0. The third-order valence-corrected chi connectivity index (χ3v) is 4.66. The molecular weight excluding hydrogens is 356 g/mol. The van der Waals surface area contributed by atoms with E-state index in [-0.39, 0.29) is 17.9 Å². The highest BCUT2D eigenvalue weighted by molar-refractivity contribution is 5.64. The molecule has 1 aromatic carbocycles. The molecule has 0 radical (unpaired) electrons. The van der Waals surface area contributed by atoms with Crippen molar-refractivity contribution in [3.63, 3.8) is 0 Å². The van der Waals surface area contributed by atoms with Crippen LogP contribution in [0.25, 0.3) is 0 Å². The Morgan fingerprint density at radius 3 is 2.33 bits per heavy atom. The van der Waals surface area contributed by atoms with E-state index in [1.807, 2.05) is 0 Å². The van der Waals surface area contributed by atoms with Gasteiger partial charge in [0.15, 0.2) is 0 Å². The summed E-state index contributed by atoms with van der Waals surface area (Å²) >= 11 is 0. The zero-order valence-electron chi connectivity index (χ0n) is 15.0. The Balaban J connectivity index is 1.38. The number of amides is 1. The highest BCUT2D eigenvalue weighted by atomic mass is 16.6. The molecule has 2 N–H and O–H groups in total. The van der Waals surface area contributed by atoms with E-state index in [0.717, 1.165) is 32.7 Å². The van der Waals surface area contributed by atoms with Crippen molar-refractivity contribution in [2.75, 3.05) is 52.4 Å². The number of hydrogen-bond donors (Lipinski definition) is 2. The number of benzene rings is 1. The Morgan fingerprint density at radius 2 is 1.78 bits per heavy atom. The van der Waals surface area contributed by atoms with Gasteiger partial charge in [-0.15, -0.1) is 0 Å². The maximum atomic E-state index is 10.7. The van der Waals surface area contributed by atoms with E-state index in [4.69, 9.17) is 14.6 Å². The van der Waals surface area contributed by atoms with Crippen LogP contribution in [0.3, 0.4) is 0 Å².